The highest BCUT2D eigenvalue weighted by Gasteiger charge is 2.15. The molecule has 1 rings (SSSR count). The summed E-state index contributed by atoms with van der Waals surface area (Å²) in [7, 11) is 0. The van der Waals surface area contributed by atoms with Crippen molar-refractivity contribution in [2.24, 2.45) is 0 Å². The first-order valence-corrected chi connectivity index (χ1v) is 8.51. The van der Waals surface area contributed by atoms with Crippen molar-refractivity contribution in [3.05, 3.63) is 33.8 Å². The number of rotatable bonds is 6. The second kappa shape index (κ2) is 9.30. The number of halogens is 2. The Morgan fingerprint density at radius 1 is 1.22 bits per heavy atom. The van der Waals surface area contributed by atoms with Crippen molar-refractivity contribution in [3.8, 4) is 0 Å². The van der Waals surface area contributed by atoms with Crippen LogP contribution in [-0.2, 0) is 16.1 Å². The number of hydrogen-bond acceptors (Lipinski definition) is 3. The predicted molar refractivity (Wildman–Crippen MR) is 99.0 cm³/mol. The van der Waals surface area contributed by atoms with Crippen LogP contribution in [-0.4, -0.2) is 23.2 Å². The van der Waals surface area contributed by atoms with Gasteiger partial charge in [0.25, 0.3) is 0 Å². The first-order chi connectivity index (χ1) is 10.7. The van der Waals surface area contributed by atoms with Crippen molar-refractivity contribution in [1.82, 2.24) is 10.6 Å². The van der Waals surface area contributed by atoms with Crippen LogP contribution in [0.5, 0.6) is 0 Å². The third-order valence-electron chi connectivity index (χ3n) is 2.70. The van der Waals surface area contributed by atoms with E-state index in [9.17, 15) is 4.79 Å². The third-order valence-corrected chi connectivity index (χ3v) is 3.73. The van der Waals surface area contributed by atoms with Gasteiger partial charge in [-0.15, -0.1) is 0 Å². The summed E-state index contributed by atoms with van der Waals surface area (Å²) in [5.74, 6) is -0.200. The van der Waals surface area contributed by atoms with Crippen LogP contribution < -0.4 is 10.6 Å². The summed E-state index contributed by atoms with van der Waals surface area (Å²) in [4.78, 5) is 11.6. The number of thiocarbonyl (C=S) groups is 1. The first kappa shape index (κ1) is 20.0. The van der Waals surface area contributed by atoms with Crippen LogP contribution in [0.25, 0.3) is 0 Å². The minimum Gasteiger partial charge on any atom is -0.460 e. The summed E-state index contributed by atoms with van der Waals surface area (Å²) in [5, 5.41) is 7.70. The zero-order chi connectivity index (χ0) is 17.5. The number of carbonyl (C=O) groups excluding carboxylic acids is 1. The lowest BCUT2D eigenvalue weighted by molar-refractivity contribution is -0.154. The van der Waals surface area contributed by atoms with Crippen LogP contribution in [0.3, 0.4) is 0 Å². The lowest BCUT2D eigenvalue weighted by atomic mass is 10.2. The van der Waals surface area contributed by atoms with Crippen molar-refractivity contribution in [2.75, 3.05) is 6.54 Å². The lowest BCUT2D eigenvalue weighted by Gasteiger charge is -2.19. The molecule has 2 N–H and O–H groups in total. The standard InChI is InChI=1S/C16H22Cl2N2O2S/c1-16(2,3)22-14(21)5-4-8-19-15(23)20-10-11-6-7-12(17)13(18)9-11/h6-7,9H,4-5,8,10H2,1-3H3,(H2,19,20,23). The molecular formula is C16H22Cl2N2O2S. The number of nitrogens with one attached hydrogen (secondary N) is 2. The van der Waals surface area contributed by atoms with Gasteiger partial charge in [-0.05, 0) is 57.1 Å². The number of esters is 1. The fourth-order valence-electron chi connectivity index (χ4n) is 1.72. The fourth-order valence-corrected chi connectivity index (χ4v) is 2.22. The average Bonchev–Trinajstić information content (AvgIpc) is 2.43. The Balaban J connectivity index is 2.19. The molecule has 0 aliphatic carbocycles. The molecule has 0 unspecified atom stereocenters. The molecule has 0 saturated heterocycles. The van der Waals surface area contributed by atoms with Gasteiger partial charge in [-0.1, -0.05) is 29.3 Å². The minimum atomic E-state index is -0.443. The maximum atomic E-state index is 11.6. The molecule has 0 saturated carbocycles. The van der Waals surface area contributed by atoms with Crippen molar-refractivity contribution in [2.45, 2.75) is 45.8 Å². The molecule has 4 nitrogen and oxygen atoms in total. The molecule has 128 valence electrons. The number of hydrogen-bond donors (Lipinski definition) is 2. The fraction of sp³-hybridized carbons (Fsp3) is 0.500. The smallest absolute Gasteiger partial charge is 0.306 e. The molecule has 0 amide bonds. The van der Waals surface area contributed by atoms with Gasteiger partial charge in [0, 0.05) is 19.5 Å². The van der Waals surface area contributed by atoms with Crippen molar-refractivity contribution in [3.63, 3.8) is 0 Å². The highest BCUT2D eigenvalue weighted by molar-refractivity contribution is 7.80. The monoisotopic (exact) mass is 376 g/mol. The number of benzene rings is 1. The summed E-state index contributed by atoms with van der Waals surface area (Å²) >= 11 is 17.0. The molecule has 0 radical (unpaired) electrons. The molecular weight excluding hydrogens is 355 g/mol. The Kier molecular flexibility index (Phi) is 8.09. The Labute approximate surface area is 152 Å². The molecule has 23 heavy (non-hydrogen) atoms. The normalized spacial score (nSPS) is 11.0. The van der Waals surface area contributed by atoms with Gasteiger partial charge in [0.2, 0.25) is 0 Å². The van der Waals surface area contributed by atoms with Gasteiger partial charge in [0.1, 0.15) is 5.60 Å². The van der Waals surface area contributed by atoms with Crippen LogP contribution in [0.15, 0.2) is 18.2 Å². The summed E-state index contributed by atoms with van der Waals surface area (Å²) in [5.41, 5.74) is 0.540. The van der Waals surface area contributed by atoms with Gasteiger partial charge in [-0.25, -0.2) is 0 Å². The van der Waals surface area contributed by atoms with Crippen molar-refractivity contribution in [1.29, 1.82) is 0 Å². The SMILES string of the molecule is CC(C)(C)OC(=O)CCCNC(=S)NCc1ccc(Cl)c(Cl)c1. The quantitative estimate of drug-likeness (QED) is 0.445. The maximum Gasteiger partial charge on any atom is 0.306 e. The van der Waals surface area contributed by atoms with E-state index in [0.29, 0.717) is 41.1 Å². The average molecular weight is 377 g/mol. The predicted octanol–water partition coefficient (Wildman–Crippen LogP) is 4.08. The first-order valence-electron chi connectivity index (χ1n) is 7.35. The molecule has 7 heteroatoms. The maximum absolute atomic E-state index is 11.6. The van der Waals surface area contributed by atoms with E-state index in [4.69, 9.17) is 40.2 Å². The molecule has 0 aliphatic rings. The van der Waals surface area contributed by atoms with Gasteiger partial charge >= 0.3 is 5.97 Å². The summed E-state index contributed by atoms with van der Waals surface area (Å²) in [6.07, 6.45) is 1.02. The molecule has 1 aromatic carbocycles. The van der Waals surface area contributed by atoms with Crippen LogP contribution in [0, 0.1) is 0 Å². The van der Waals surface area contributed by atoms with E-state index in [2.05, 4.69) is 10.6 Å². The Bertz CT molecular complexity index is 560. The van der Waals surface area contributed by atoms with Crippen LogP contribution in [0.2, 0.25) is 10.0 Å². The highest BCUT2D eigenvalue weighted by Crippen LogP contribution is 2.22. The molecule has 0 aliphatic heterocycles. The highest BCUT2D eigenvalue weighted by atomic mass is 35.5. The van der Waals surface area contributed by atoms with Crippen LogP contribution in [0.1, 0.15) is 39.2 Å². The summed E-state index contributed by atoms with van der Waals surface area (Å²) < 4.78 is 5.23. The van der Waals surface area contributed by atoms with Crippen LogP contribution >= 0.6 is 35.4 Å². The Hall–Kier alpha value is -1.04. The topological polar surface area (TPSA) is 50.4 Å². The van der Waals surface area contributed by atoms with E-state index >= 15 is 0 Å². The second-order valence-electron chi connectivity index (χ2n) is 6.05. The van der Waals surface area contributed by atoms with Crippen molar-refractivity contribution >= 4 is 46.5 Å². The molecule has 0 fully saturated rings. The van der Waals surface area contributed by atoms with E-state index in [-0.39, 0.29) is 5.97 Å². The lowest BCUT2D eigenvalue weighted by Crippen LogP contribution is -2.35. The zero-order valence-electron chi connectivity index (χ0n) is 13.5. The number of ether oxygens (including phenoxy) is 1. The third kappa shape index (κ3) is 8.98. The summed E-state index contributed by atoms with van der Waals surface area (Å²) in [6.45, 7) is 6.71. The molecule has 0 aromatic heterocycles. The van der Waals surface area contributed by atoms with E-state index in [1.165, 1.54) is 0 Å². The molecule has 0 spiro atoms. The van der Waals surface area contributed by atoms with Gasteiger partial charge in [-0.2, -0.15) is 0 Å². The van der Waals surface area contributed by atoms with Gasteiger partial charge < -0.3 is 15.4 Å². The van der Waals surface area contributed by atoms with E-state index in [0.717, 1.165) is 5.56 Å². The van der Waals surface area contributed by atoms with E-state index in [1.807, 2.05) is 26.8 Å². The van der Waals surface area contributed by atoms with Gasteiger partial charge in [-0.3, -0.25) is 4.79 Å². The van der Waals surface area contributed by atoms with Crippen molar-refractivity contribution < 1.29 is 9.53 Å². The second-order valence-corrected chi connectivity index (χ2v) is 7.27. The van der Waals surface area contributed by atoms with E-state index < -0.39 is 5.60 Å². The Morgan fingerprint density at radius 2 is 1.91 bits per heavy atom. The largest absolute Gasteiger partial charge is 0.460 e. The Morgan fingerprint density at radius 3 is 2.52 bits per heavy atom. The van der Waals surface area contributed by atoms with E-state index in [1.54, 1.807) is 12.1 Å². The van der Waals surface area contributed by atoms with Gasteiger partial charge in [0.05, 0.1) is 10.0 Å². The summed E-state index contributed by atoms with van der Waals surface area (Å²) in [6, 6.07) is 5.42. The molecule has 0 bridgehead atoms. The number of carbonyl (C=O) groups is 1. The molecule has 0 atom stereocenters. The zero-order valence-corrected chi connectivity index (χ0v) is 15.9. The molecule has 1 aromatic rings. The molecule has 0 heterocycles. The van der Waals surface area contributed by atoms with Gasteiger partial charge in [0.15, 0.2) is 5.11 Å². The van der Waals surface area contributed by atoms with Crippen LogP contribution in [0.4, 0.5) is 0 Å². The minimum absolute atomic E-state index is 0.200.